The van der Waals surface area contributed by atoms with Gasteiger partial charge in [-0.25, -0.2) is 4.98 Å². The first-order chi connectivity index (χ1) is 7.34. The average molecular weight is 203 g/mol. The molecule has 0 aliphatic carbocycles. The van der Waals surface area contributed by atoms with Crippen molar-refractivity contribution in [1.82, 2.24) is 9.97 Å². The second-order valence-corrected chi connectivity index (χ2v) is 4.35. The molecule has 0 radical (unpaired) electrons. The van der Waals surface area contributed by atoms with Crippen molar-refractivity contribution < 1.29 is 4.74 Å². The SMILES string of the molecule is Bc1cnc(N2C3CCC2COC3)cn1. The molecular weight excluding hydrogens is 189 g/mol. The van der Waals surface area contributed by atoms with Crippen LogP contribution in [0.4, 0.5) is 5.82 Å². The first kappa shape index (κ1) is 9.15. The van der Waals surface area contributed by atoms with Gasteiger partial charge >= 0.3 is 0 Å². The standard InChI is InChI=1S/C10H14BN3O/c11-9-3-13-10(4-12-9)14-7-1-2-8(14)6-15-5-7/h3-4,7-8H,1-2,5-6,11H2. The summed E-state index contributed by atoms with van der Waals surface area (Å²) in [5.74, 6) is 1.01. The maximum absolute atomic E-state index is 5.54. The summed E-state index contributed by atoms with van der Waals surface area (Å²) >= 11 is 0. The van der Waals surface area contributed by atoms with E-state index in [2.05, 4.69) is 14.9 Å². The number of ether oxygens (including phenoxy) is 1. The molecular formula is C10H14BN3O. The van der Waals surface area contributed by atoms with Crippen LogP contribution in [0.2, 0.25) is 0 Å². The Bertz CT molecular complexity index is 340. The Morgan fingerprint density at radius 1 is 1.20 bits per heavy atom. The van der Waals surface area contributed by atoms with Gasteiger partial charge in [-0.05, 0) is 12.8 Å². The van der Waals surface area contributed by atoms with Crippen LogP contribution in [0.1, 0.15) is 12.8 Å². The van der Waals surface area contributed by atoms with E-state index in [1.54, 1.807) is 0 Å². The molecule has 3 rings (SSSR count). The van der Waals surface area contributed by atoms with Crippen LogP contribution in [0.3, 0.4) is 0 Å². The summed E-state index contributed by atoms with van der Waals surface area (Å²) in [5.41, 5.74) is 0.972. The van der Waals surface area contributed by atoms with Crippen LogP contribution in [0, 0.1) is 0 Å². The predicted molar refractivity (Wildman–Crippen MR) is 60.3 cm³/mol. The van der Waals surface area contributed by atoms with Crippen LogP contribution >= 0.6 is 0 Å². The summed E-state index contributed by atoms with van der Waals surface area (Å²) in [6, 6.07) is 1.03. The van der Waals surface area contributed by atoms with Crippen LogP contribution in [-0.4, -0.2) is 43.1 Å². The number of hydrogen-bond acceptors (Lipinski definition) is 4. The van der Waals surface area contributed by atoms with Gasteiger partial charge in [-0.3, -0.25) is 4.98 Å². The largest absolute Gasteiger partial charge is 0.377 e. The zero-order valence-electron chi connectivity index (χ0n) is 8.89. The molecule has 0 aromatic carbocycles. The normalized spacial score (nSPS) is 29.5. The van der Waals surface area contributed by atoms with Crippen LogP contribution in [-0.2, 0) is 4.74 Å². The molecule has 1 aromatic rings. The molecule has 2 atom stereocenters. The molecule has 2 fully saturated rings. The number of fused-ring (bicyclic) bond motifs is 2. The Morgan fingerprint density at radius 2 is 1.93 bits per heavy atom. The zero-order valence-corrected chi connectivity index (χ0v) is 8.89. The van der Waals surface area contributed by atoms with E-state index in [1.807, 2.05) is 20.2 Å². The summed E-state index contributed by atoms with van der Waals surface area (Å²) in [6.07, 6.45) is 6.16. The molecule has 2 aliphatic rings. The Kier molecular flexibility index (Phi) is 2.13. The molecule has 78 valence electrons. The smallest absolute Gasteiger partial charge is 0.166 e. The van der Waals surface area contributed by atoms with E-state index in [-0.39, 0.29) is 0 Å². The minimum Gasteiger partial charge on any atom is -0.377 e. The van der Waals surface area contributed by atoms with Gasteiger partial charge in [0, 0.05) is 11.8 Å². The summed E-state index contributed by atoms with van der Waals surface area (Å²) in [6.45, 7) is 1.68. The molecule has 1 aromatic heterocycles. The van der Waals surface area contributed by atoms with Crippen LogP contribution in [0.5, 0.6) is 0 Å². The maximum Gasteiger partial charge on any atom is 0.166 e. The lowest BCUT2D eigenvalue weighted by atomic mass is 10.1. The molecule has 4 nitrogen and oxygen atoms in total. The lowest BCUT2D eigenvalue weighted by Crippen LogP contribution is -2.46. The van der Waals surface area contributed by atoms with Gasteiger partial charge < -0.3 is 9.64 Å². The molecule has 3 heterocycles. The molecule has 2 unspecified atom stereocenters. The number of hydrogen-bond donors (Lipinski definition) is 0. The van der Waals surface area contributed by atoms with Crippen molar-refractivity contribution in [1.29, 1.82) is 0 Å². The van der Waals surface area contributed by atoms with Gasteiger partial charge in [-0.1, -0.05) is 0 Å². The van der Waals surface area contributed by atoms with Gasteiger partial charge in [-0.15, -0.1) is 0 Å². The van der Waals surface area contributed by atoms with Crippen LogP contribution < -0.4 is 10.5 Å². The lowest BCUT2D eigenvalue weighted by Gasteiger charge is -2.35. The van der Waals surface area contributed by atoms with Gasteiger partial charge in [0.2, 0.25) is 0 Å². The molecule has 0 spiro atoms. The average Bonchev–Trinajstić information content (AvgIpc) is 2.51. The molecule has 15 heavy (non-hydrogen) atoms. The second-order valence-electron chi connectivity index (χ2n) is 4.35. The fraction of sp³-hybridized carbons (Fsp3) is 0.600. The van der Waals surface area contributed by atoms with Crippen molar-refractivity contribution in [2.75, 3.05) is 18.1 Å². The third kappa shape index (κ3) is 1.51. The van der Waals surface area contributed by atoms with E-state index >= 15 is 0 Å². The molecule has 0 saturated carbocycles. The number of rotatable bonds is 1. The summed E-state index contributed by atoms with van der Waals surface area (Å²) in [7, 11) is 1.96. The highest BCUT2D eigenvalue weighted by atomic mass is 16.5. The van der Waals surface area contributed by atoms with E-state index < -0.39 is 0 Å². The van der Waals surface area contributed by atoms with Gasteiger partial charge in [-0.2, -0.15) is 0 Å². The fourth-order valence-electron chi connectivity index (χ4n) is 2.52. The zero-order chi connectivity index (χ0) is 10.3. The highest BCUT2D eigenvalue weighted by Gasteiger charge is 2.38. The third-order valence-corrected chi connectivity index (χ3v) is 3.27. The first-order valence-corrected chi connectivity index (χ1v) is 5.49. The van der Waals surface area contributed by atoms with E-state index in [0.29, 0.717) is 12.1 Å². The monoisotopic (exact) mass is 203 g/mol. The number of morpholine rings is 1. The number of aromatic nitrogens is 2. The van der Waals surface area contributed by atoms with Gasteiger partial charge in [0.25, 0.3) is 0 Å². The minimum atomic E-state index is 0.515. The maximum atomic E-state index is 5.54. The van der Waals surface area contributed by atoms with E-state index in [1.165, 1.54) is 12.8 Å². The summed E-state index contributed by atoms with van der Waals surface area (Å²) in [4.78, 5) is 11.1. The van der Waals surface area contributed by atoms with Crippen molar-refractivity contribution >= 4 is 19.3 Å². The van der Waals surface area contributed by atoms with Gasteiger partial charge in [0.1, 0.15) is 5.82 Å². The summed E-state index contributed by atoms with van der Waals surface area (Å²) < 4.78 is 5.54. The van der Waals surface area contributed by atoms with Crippen LogP contribution in [0.25, 0.3) is 0 Å². The molecule has 5 heteroatoms. The Morgan fingerprint density at radius 3 is 2.53 bits per heavy atom. The van der Waals surface area contributed by atoms with Crippen molar-refractivity contribution in [3.63, 3.8) is 0 Å². The molecule has 2 aliphatic heterocycles. The van der Waals surface area contributed by atoms with E-state index in [9.17, 15) is 0 Å². The Labute approximate surface area is 90.1 Å². The fourth-order valence-corrected chi connectivity index (χ4v) is 2.52. The second kappa shape index (κ2) is 3.49. The molecule has 0 N–H and O–H groups in total. The van der Waals surface area contributed by atoms with Crippen molar-refractivity contribution in [2.24, 2.45) is 0 Å². The highest BCUT2D eigenvalue weighted by molar-refractivity contribution is 6.30. The Balaban J connectivity index is 1.90. The molecule has 0 amide bonds. The van der Waals surface area contributed by atoms with Crippen molar-refractivity contribution in [2.45, 2.75) is 24.9 Å². The van der Waals surface area contributed by atoms with Gasteiger partial charge in [0.15, 0.2) is 7.85 Å². The number of nitrogens with zero attached hydrogens (tertiary/aromatic N) is 3. The Hall–Kier alpha value is -1.10. The number of anilines is 1. The third-order valence-electron chi connectivity index (χ3n) is 3.27. The minimum absolute atomic E-state index is 0.515. The van der Waals surface area contributed by atoms with E-state index in [4.69, 9.17) is 4.74 Å². The van der Waals surface area contributed by atoms with Crippen molar-refractivity contribution in [3.05, 3.63) is 12.4 Å². The van der Waals surface area contributed by atoms with Gasteiger partial charge in [0.05, 0.1) is 31.5 Å². The molecule has 2 bridgehead atoms. The lowest BCUT2D eigenvalue weighted by molar-refractivity contribution is 0.0902. The highest BCUT2D eigenvalue weighted by Crippen LogP contribution is 2.31. The topological polar surface area (TPSA) is 38.2 Å². The molecule has 2 saturated heterocycles. The van der Waals surface area contributed by atoms with E-state index in [0.717, 1.165) is 24.6 Å². The van der Waals surface area contributed by atoms with Crippen molar-refractivity contribution in [3.8, 4) is 0 Å². The summed E-state index contributed by atoms with van der Waals surface area (Å²) in [5, 5.41) is 0. The predicted octanol–water partition coefficient (Wildman–Crippen LogP) is -0.897. The quantitative estimate of drug-likeness (QED) is 0.554. The first-order valence-electron chi connectivity index (χ1n) is 5.49. The van der Waals surface area contributed by atoms with Crippen LogP contribution in [0.15, 0.2) is 12.4 Å².